The fourth-order valence-corrected chi connectivity index (χ4v) is 4.92. The van der Waals surface area contributed by atoms with Crippen molar-refractivity contribution in [3.8, 4) is 11.5 Å². The molecule has 1 aromatic rings. The van der Waals surface area contributed by atoms with Crippen LogP contribution >= 0.6 is 11.8 Å². The topological polar surface area (TPSA) is 71.1 Å². The minimum atomic E-state index is -0.233. The largest absolute Gasteiger partial charge is 0.497 e. The Hall–Kier alpha value is -1.93. The number of likely N-dealkylation sites (tertiary alicyclic amines) is 1. The second kappa shape index (κ2) is 10.2. The fraction of sp³-hybridized carbons (Fsp3) is 0.619. The Labute approximate surface area is 177 Å². The second-order valence-electron chi connectivity index (χ2n) is 7.46. The first-order valence-corrected chi connectivity index (χ1v) is 11.3. The third kappa shape index (κ3) is 5.36. The van der Waals surface area contributed by atoms with Gasteiger partial charge in [-0.05, 0) is 44.5 Å². The normalized spacial score (nSPS) is 20.9. The molecule has 0 aromatic heterocycles. The molecule has 0 saturated carbocycles. The molecular formula is C21H31N3O4S. The van der Waals surface area contributed by atoms with E-state index < -0.39 is 0 Å². The first-order valence-electron chi connectivity index (χ1n) is 10.2. The number of nitrogens with zero attached hydrogens (tertiary/aromatic N) is 2. The van der Waals surface area contributed by atoms with E-state index in [1.165, 1.54) is 0 Å². The number of ether oxygens (including phenoxy) is 2. The lowest BCUT2D eigenvalue weighted by atomic mass is 10.1. The van der Waals surface area contributed by atoms with Crippen molar-refractivity contribution in [2.75, 3.05) is 51.9 Å². The van der Waals surface area contributed by atoms with Crippen molar-refractivity contribution in [1.82, 2.24) is 15.1 Å². The zero-order chi connectivity index (χ0) is 20.8. The third-order valence-corrected chi connectivity index (χ3v) is 6.54. The molecule has 2 heterocycles. The van der Waals surface area contributed by atoms with Crippen molar-refractivity contribution in [1.29, 1.82) is 0 Å². The molecule has 1 aromatic carbocycles. The third-order valence-electron chi connectivity index (χ3n) is 5.60. The molecule has 0 radical (unpaired) electrons. The Morgan fingerprint density at radius 3 is 2.66 bits per heavy atom. The molecule has 3 rings (SSSR count). The van der Waals surface area contributed by atoms with E-state index in [9.17, 15) is 9.59 Å². The van der Waals surface area contributed by atoms with Gasteiger partial charge in [0, 0.05) is 30.2 Å². The van der Waals surface area contributed by atoms with Gasteiger partial charge in [0.05, 0.1) is 32.8 Å². The number of thioether (sulfide) groups is 1. The number of hydrogen-bond acceptors (Lipinski definition) is 6. The number of carbonyl (C=O) groups is 2. The van der Waals surface area contributed by atoms with Gasteiger partial charge in [0.1, 0.15) is 11.5 Å². The number of hydrogen-bond donors (Lipinski definition) is 1. The van der Waals surface area contributed by atoms with E-state index in [1.807, 2.05) is 46.7 Å². The highest BCUT2D eigenvalue weighted by Gasteiger charge is 2.35. The Bertz CT molecular complexity index is 724. The maximum Gasteiger partial charge on any atom is 0.239 e. The van der Waals surface area contributed by atoms with Crippen LogP contribution in [-0.2, 0) is 9.59 Å². The van der Waals surface area contributed by atoms with E-state index in [0.29, 0.717) is 11.5 Å². The molecule has 2 aliphatic heterocycles. The van der Waals surface area contributed by atoms with Crippen LogP contribution in [0.2, 0.25) is 0 Å². The number of rotatable bonds is 7. The molecule has 2 saturated heterocycles. The van der Waals surface area contributed by atoms with Gasteiger partial charge in [0.15, 0.2) is 0 Å². The van der Waals surface area contributed by atoms with E-state index >= 15 is 0 Å². The number of methoxy groups -OCH3 is 2. The van der Waals surface area contributed by atoms with Crippen LogP contribution < -0.4 is 14.8 Å². The van der Waals surface area contributed by atoms with Crippen molar-refractivity contribution in [2.45, 2.75) is 31.8 Å². The standard InChI is InChI=1S/C21H31N3O4S/c1-15(17-13-16(27-2)6-7-19(17)28-3)22-20(25)14-24-8-4-5-18(24)21(26)23-9-11-29-12-10-23/h6-7,13,15,18H,4-5,8-12,14H2,1-3H3,(H,22,25). The smallest absolute Gasteiger partial charge is 0.239 e. The lowest BCUT2D eigenvalue weighted by molar-refractivity contribution is -0.136. The van der Waals surface area contributed by atoms with Crippen LogP contribution in [-0.4, -0.2) is 79.6 Å². The summed E-state index contributed by atoms with van der Waals surface area (Å²) in [6, 6.07) is 5.13. The van der Waals surface area contributed by atoms with Crippen LogP contribution in [0.4, 0.5) is 0 Å². The van der Waals surface area contributed by atoms with Gasteiger partial charge in [-0.1, -0.05) is 0 Å². The molecular weight excluding hydrogens is 390 g/mol. The molecule has 2 fully saturated rings. The lowest BCUT2D eigenvalue weighted by Gasteiger charge is -2.32. The molecule has 8 heteroatoms. The summed E-state index contributed by atoms with van der Waals surface area (Å²) >= 11 is 1.89. The molecule has 0 bridgehead atoms. The summed E-state index contributed by atoms with van der Waals surface area (Å²) < 4.78 is 10.7. The van der Waals surface area contributed by atoms with E-state index in [2.05, 4.69) is 5.32 Å². The Balaban J connectivity index is 1.60. The average molecular weight is 422 g/mol. The molecule has 0 spiro atoms. The average Bonchev–Trinajstić information content (AvgIpc) is 3.21. The number of amides is 2. The van der Waals surface area contributed by atoms with E-state index in [0.717, 1.165) is 49.5 Å². The molecule has 29 heavy (non-hydrogen) atoms. The summed E-state index contributed by atoms with van der Waals surface area (Å²) in [4.78, 5) is 29.6. The van der Waals surface area contributed by atoms with Crippen molar-refractivity contribution in [2.24, 2.45) is 0 Å². The van der Waals surface area contributed by atoms with Gasteiger partial charge in [0.25, 0.3) is 0 Å². The van der Waals surface area contributed by atoms with Crippen molar-refractivity contribution >= 4 is 23.6 Å². The van der Waals surface area contributed by atoms with Crippen LogP contribution in [0, 0.1) is 0 Å². The van der Waals surface area contributed by atoms with Crippen LogP contribution in [0.1, 0.15) is 31.4 Å². The summed E-state index contributed by atoms with van der Waals surface area (Å²) in [5, 5.41) is 3.04. The maximum atomic E-state index is 12.9. The number of benzene rings is 1. The fourth-order valence-electron chi connectivity index (χ4n) is 4.02. The van der Waals surface area contributed by atoms with E-state index in [-0.39, 0.29) is 30.4 Å². The van der Waals surface area contributed by atoms with Crippen molar-refractivity contribution in [3.63, 3.8) is 0 Å². The zero-order valence-electron chi connectivity index (χ0n) is 17.5. The second-order valence-corrected chi connectivity index (χ2v) is 8.69. The molecule has 2 atom stereocenters. The van der Waals surface area contributed by atoms with Gasteiger partial charge < -0.3 is 19.7 Å². The summed E-state index contributed by atoms with van der Waals surface area (Å²) in [7, 11) is 3.22. The zero-order valence-corrected chi connectivity index (χ0v) is 18.3. The van der Waals surface area contributed by atoms with Gasteiger partial charge in [-0.25, -0.2) is 0 Å². The molecule has 2 unspecified atom stereocenters. The van der Waals surface area contributed by atoms with Crippen LogP contribution in [0.25, 0.3) is 0 Å². The number of nitrogens with one attached hydrogen (secondary N) is 1. The summed E-state index contributed by atoms with van der Waals surface area (Å²) in [6.45, 7) is 4.56. The van der Waals surface area contributed by atoms with Crippen LogP contribution in [0.3, 0.4) is 0 Å². The van der Waals surface area contributed by atoms with Gasteiger partial charge >= 0.3 is 0 Å². The monoisotopic (exact) mass is 421 g/mol. The molecule has 7 nitrogen and oxygen atoms in total. The first kappa shape index (κ1) is 21.8. The van der Waals surface area contributed by atoms with Gasteiger partial charge in [-0.3, -0.25) is 14.5 Å². The van der Waals surface area contributed by atoms with Crippen LogP contribution in [0.5, 0.6) is 11.5 Å². The molecule has 1 N–H and O–H groups in total. The minimum absolute atomic E-state index is 0.0868. The van der Waals surface area contributed by atoms with E-state index in [4.69, 9.17) is 9.47 Å². The quantitative estimate of drug-likeness (QED) is 0.725. The van der Waals surface area contributed by atoms with Crippen LogP contribution in [0.15, 0.2) is 18.2 Å². The van der Waals surface area contributed by atoms with Gasteiger partial charge in [0.2, 0.25) is 11.8 Å². The first-order chi connectivity index (χ1) is 14.0. The van der Waals surface area contributed by atoms with Gasteiger partial charge in [-0.15, -0.1) is 0 Å². The molecule has 2 aliphatic rings. The van der Waals surface area contributed by atoms with Crippen molar-refractivity contribution in [3.05, 3.63) is 23.8 Å². The minimum Gasteiger partial charge on any atom is -0.497 e. The van der Waals surface area contributed by atoms with E-state index in [1.54, 1.807) is 14.2 Å². The highest BCUT2D eigenvalue weighted by Crippen LogP contribution is 2.29. The molecule has 0 aliphatic carbocycles. The van der Waals surface area contributed by atoms with Gasteiger partial charge in [-0.2, -0.15) is 11.8 Å². The predicted octanol–water partition coefficient (Wildman–Crippen LogP) is 1.92. The SMILES string of the molecule is COc1ccc(OC)c(C(C)NC(=O)CN2CCCC2C(=O)N2CCSCC2)c1. The Morgan fingerprint density at radius 1 is 1.21 bits per heavy atom. The van der Waals surface area contributed by atoms with Crippen molar-refractivity contribution < 1.29 is 19.1 Å². The summed E-state index contributed by atoms with van der Waals surface area (Å²) in [5.74, 6) is 3.51. The highest BCUT2D eigenvalue weighted by atomic mass is 32.2. The molecule has 2 amide bonds. The highest BCUT2D eigenvalue weighted by molar-refractivity contribution is 7.99. The number of carbonyl (C=O) groups excluding carboxylic acids is 2. The summed E-state index contributed by atoms with van der Waals surface area (Å²) in [6.07, 6.45) is 1.78. The lowest BCUT2D eigenvalue weighted by Crippen LogP contribution is -2.50. The molecule has 160 valence electrons. The maximum absolute atomic E-state index is 12.9. The Morgan fingerprint density at radius 2 is 1.97 bits per heavy atom. The predicted molar refractivity (Wildman–Crippen MR) is 115 cm³/mol. The summed E-state index contributed by atoms with van der Waals surface area (Å²) in [5.41, 5.74) is 0.861. The Kier molecular flexibility index (Phi) is 7.66.